The Morgan fingerprint density at radius 2 is 2.00 bits per heavy atom. The van der Waals surface area contributed by atoms with E-state index in [1.165, 1.54) is 42.4 Å². The van der Waals surface area contributed by atoms with Gasteiger partial charge in [0.05, 0.1) is 0 Å². The Labute approximate surface area is 115 Å². The zero-order chi connectivity index (χ0) is 13.2. The Morgan fingerprint density at radius 1 is 1.21 bits per heavy atom. The molecule has 1 aromatic carbocycles. The summed E-state index contributed by atoms with van der Waals surface area (Å²) in [4.78, 5) is 2.48. The number of rotatable bonds is 3. The van der Waals surface area contributed by atoms with Crippen LogP contribution in [0.15, 0.2) is 30.5 Å². The molecule has 0 aliphatic carbocycles. The minimum Gasteiger partial charge on any atom is -0.351 e. The predicted molar refractivity (Wildman–Crippen MR) is 80.4 cm³/mol. The number of likely N-dealkylation sites (tertiary alicyclic amines) is 1. The maximum Gasteiger partial charge on any atom is 0.0477 e. The quantitative estimate of drug-likeness (QED) is 0.915. The molecule has 3 rings (SSSR count). The lowest BCUT2D eigenvalue weighted by Crippen LogP contribution is -2.36. The van der Waals surface area contributed by atoms with E-state index in [9.17, 15) is 0 Å². The maximum atomic E-state index is 5.63. The fourth-order valence-corrected chi connectivity index (χ4v) is 3.23. The third-order valence-corrected chi connectivity index (χ3v) is 4.41. The van der Waals surface area contributed by atoms with E-state index in [4.69, 9.17) is 5.73 Å². The number of piperidine rings is 1. The summed E-state index contributed by atoms with van der Waals surface area (Å²) < 4.78 is 2.18. The average Bonchev–Trinajstić information content (AvgIpc) is 2.81. The lowest BCUT2D eigenvalue weighted by Gasteiger charge is -2.31. The second-order valence-electron chi connectivity index (χ2n) is 5.65. The van der Waals surface area contributed by atoms with Gasteiger partial charge in [-0.2, -0.15) is 0 Å². The molecule has 3 heteroatoms. The lowest BCUT2D eigenvalue weighted by atomic mass is 9.89. The Bertz CT molecular complexity index is 550. The SMILES string of the molecule is Cn1ccc2cc(C3CCN(CCN)CC3)ccc21. The average molecular weight is 257 g/mol. The molecular weight excluding hydrogens is 234 g/mol. The molecule has 0 bridgehead atoms. The van der Waals surface area contributed by atoms with Crippen molar-refractivity contribution in [3.8, 4) is 0 Å². The summed E-state index contributed by atoms with van der Waals surface area (Å²) in [6.45, 7) is 4.20. The van der Waals surface area contributed by atoms with Gasteiger partial charge in [0.1, 0.15) is 0 Å². The molecule has 2 aromatic rings. The third-order valence-electron chi connectivity index (χ3n) is 4.41. The summed E-state index contributed by atoms with van der Waals surface area (Å²) in [5, 5.41) is 1.37. The van der Waals surface area contributed by atoms with Crippen LogP contribution < -0.4 is 5.73 Å². The van der Waals surface area contributed by atoms with Crippen LogP contribution in [0.5, 0.6) is 0 Å². The van der Waals surface area contributed by atoms with Gasteiger partial charge in [-0.25, -0.2) is 0 Å². The zero-order valence-corrected chi connectivity index (χ0v) is 11.7. The van der Waals surface area contributed by atoms with Crippen LogP contribution in [0, 0.1) is 0 Å². The van der Waals surface area contributed by atoms with E-state index < -0.39 is 0 Å². The van der Waals surface area contributed by atoms with Crippen LogP contribution in [0.2, 0.25) is 0 Å². The highest BCUT2D eigenvalue weighted by atomic mass is 15.1. The second kappa shape index (κ2) is 5.35. The van der Waals surface area contributed by atoms with Crippen molar-refractivity contribution in [1.82, 2.24) is 9.47 Å². The van der Waals surface area contributed by atoms with Crippen molar-refractivity contribution in [3.05, 3.63) is 36.0 Å². The Balaban J connectivity index is 1.74. The van der Waals surface area contributed by atoms with Gasteiger partial charge in [-0.05, 0) is 61.0 Å². The molecule has 1 aliphatic heterocycles. The van der Waals surface area contributed by atoms with Crippen molar-refractivity contribution in [2.45, 2.75) is 18.8 Å². The summed E-state index contributed by atoms with van der Waals surface area (Å²) in [5.41, 5.74) is 8.45. The summed E-state index contributed by atoms with van der Waals surface area (Å²) in [5.74, 6) is 0.721. The molecule has 0 radical (unpaired) electrons. The number of nitrogens with two attached hydrogens (primary N) is 1. The molecule has 19 heavy (non-hydrogen) atoms. The Kier molecular flexibility index (Phi) is 3.58. The van der Waals surface area contributed by atoms with E-state index >= 15 is 0 Å². The third kappa shape index (κ3) is 2.53. The van der Waals surface area contributed by atoms with E-state index in [0.717, 1.165) is 19.0 Å². The van der Waals surface area contributed by atoms with Gasteiger partial charge < -0.3 is 15.2 Å². The van der Waals surface area contributed by atoms with E-state index in [-0.39, 0.29) is 0 Å². The molecule has 0 atom stereocenters. The van der Waals surface area contributed by atoms with Crippen molar-refractivity contribution in [1.29, 1.82) is 0 Å². The fraction of sp³-hybridized carbons (Fsp3) is 0.500. The van der Waals surface area contributed by atoms with Crippen LogP contribution in [0.3, 0.4) is 0 Å². The van der Waals surface area contributed by atoms with Crippen molar-refractivity contribution in [2.24, 2.45) is 12.8 Å². The van der Waals surface area contributed by atoms with Gasteiger partial charge in [0.25, 0.3) is 0 Å². The molecule has 3 nitrogen and oxygen atoms in total. The molecule has 2 N–H and O–H groups in total. The maximum absolute atomic E-state index is 5.63. The molecule has 1 fully saturated rings. The van der Waals surface area contributed by atoms with Gasteiger partial charge >= 0.3 is 0 Å². The van der Waals surface area contributed by atoms with Crippen LogP contribution in [0.4, 0.5) is 0 Å². The normalized spacial score (nSPS) is 18.2. The fourth-order valence-electron chi connectivity index (χ4n) is 3.23. The first-order valence-electron chi connectivity index (χ1n) is 7.25. The van der Waals surface area contributed by atoms with Crippen molar-refractivity contribution in [2.75, 3.05) is 26.2 Å². The van der Waals surface area contributed by atoms with E-state index in [1.54, 1.807) is 0 Å². The van der Waals surface area contributed by atoms with Crippen LogP contribution in [-0.4, -0.2) is 35.6 Å². The molecule has 1 aromatic heterocycles. The topological polar surface area (TPSA) is 34.2 Å². The van der Waals surface area contributed by atoms with Crippen LogP contribution >= 0.6 is 0 Å². The van der Waals surface area contributed by atoms with Gasteiger partial charge in [0.2, 0.25) is 0 Å². The second-order valence-corrected chi connectivity index (χ2v) is 5.65. The largest absolute Gasteiger partial charge is 0.351 e. The van der Waals surface area contributed by atoms with Gasteiger partial charge in [-0.15, -0.1) is 0 Å². The highest BCUT2D eigenvalue weighted by molar-refractivity contribution is 5.80. The summed E-state index contributed by atoms with van der Waals surface area (Å²) in [7, 11) is 2.10. The number of fused-ring (bicyclic) bond motifs is 1. The number of hydrogen-bond acceptors (Lipinski definition) is 2. The number of aryl methyl sites for hydroxylation is 1. The first kappa shape index (κ1) is 12.7. The first-order valence-corrected chi connectivity index (χ1v) is 7.25. The summed E-state index contributed by atoms with van der Waals surface area (Å²) in [6.07, 6.45) is 4.66. The van der Waals surface area contributed by atoms with Crippen LogP contribution in [0.25, 0.3) is 10.9 Å². The molecular formula is C16H23N3. The van der Waals surface area contributed by atoms with E-state index in [2.05, 4.69) is 47.0 Å². The molecule has 1 aliphatic rings. The standard InChI is InChI=1S/C16H23N3/c1-18-8-4-15-12-14(2-3-16(15)18)13-5-9-19(10-6-13)11-7-17/h2-4,8,12-13H,5-7,9-11,17H2,1H3. The van der Waals surface area contributed by atoms with E-state index in [1.807, 2.05) is 0 Å². The summed E-state index contributed by atoms with van der Waals surface area (Å²) >= 11 is 0. The van der Waals surface area contributed by atoms with Crippen LogP contribution in [-0.2, 0) is 7.05 Å². The Morgan fingerprint density at radius 3 is 2.74 bits per heavy atom. The smallest absolute Gasteiger partial charge is 0.0477 e. The van der Waals surface area contributed by atoms with Gasteiger partial charge in [0, 0.05) is 31.9 Å². The van der Waals surface area contributed by atoms with Gasteiger partial charge in [-0.3, -0.25) is 0 Å². The molecule has 0 unspecified atom stereocenters. The Hall–Kier alpha value is -1.32. The molecule has 0 amide bonds. The highest BCUT2D eigenvalue weighted by Crippen LogP contribution is 2.30. The number of aromatic nitrogens is 1. The summed E-state index contributed by atoms with van der Waals surface area (Å²) in [6, 6.07) is 9.16. The van der Waals surface area contributed by atoms with Crippen molar-refractivity contribution >= 4 is 10.9 Å². The van der Waals surface area contributed by atoms with Crippen molar-refractivity contribution in [3.63, 3.8) is 0 Å². The molecule has 102 valence electrons. The molecule has 1 saturated heterocycles. The number of hydrogen-bond donors (Lipinski definition) is 1. The zero-order valence-electron chi connectivity index (χ0n) is 11.7. The van der Waals surface area contributed by atoms with E-state index in [0.29, 0.717) is 0 Å². The predicted octanol–water partition coefficient (Wildman–Crippen LogP) is 2.32. The van der Waals surface area contributed by atoms with Gasteiger partial charge in [-0.1, -0.05) is 6.07 Å². The first-order chi connectivity index (χ1) is 9.28. The highest BCUT2D eigenvalue weighted by Gasteiger charge is 2.20. The molecule has 0 saturated carbocycles. The monoisotopic (exact) mass is 257 g/mol. The number of benzene rings is 1. The minimum absolute atomic E-state index is 0.721. The number of nitrogens with zero attached hydrogens (tertiary/aromatic N) is 2. The molecule has 2 heterocycles. The van der Waals surface area contributed by atoms with Gasteiger partial charge in [0.15, 0.2) is 0 Å². The lowest BCUT2D eigenvalue weighted by molar-refractivity contribution is 0.218. The van der Waals surface area contributed by atoms with Crippen LogP contribution in [0.1, 0.15) is 24.3 Å². The van der Waals surface area contributed by atoms with Crippen molar-refractivity contribution < 1.29 is 0 Å². The minimum atomic E-state index is 0.721. The molecule has 0 spiro atoms.